The molecule has 4 nitrogen and oxygen atoms in total. The van der Waals surface area contributed by atoms with Crippen molar-refractivity contribution in [3.05, 3.63) is 30.1 Å². The fraction of sp³-hybridized carbons (Fsp3) is 0.417. The number of carbonyl (C=O) groups is 1. The normalized spacial score (nSPS) is 15.7. The van der Waals surface area contributed by atoms with E-state index in [0.717, 1.165) is 13.1 Å². The molecule has 2 N–H and O–H groups in total. The molecule has 0 radical (unpaired) electrons. The van der Waals surface area contributed by atoms with Crippen LogP contribution in [0, 0.1) is 5.82 Å². The van der Waals surface area contributed by atoms with Gasteiger partial charge in [-0.15, -0.1) is 0 Å². The van der Waals surface area contributed by atoms with Crippen molar-refractivity contribution in [2.75, 3.05) is 32.0 Å². The zero-order chi connectivity index (χ0) is 12.3. The van der Waals surface area contributed by atoms with Gasteiger partial charge in [0.2, 0.25) is 5.91 Å². The predicted molar refractivity (Wildman–Crippen MR) is 64.3 cm³/mol. The molecule has 0 aliphatic carbocycles. The molecule has 17 heavy (non-hydrogen) atoms. The molecule has 0 spiro atoms. The number of carbonyl (C=O) groups excluding carboxylic acids is 1. The van der Waals surface area contributed by atoms with Crippen molar-refractivity contribution >= 4 is 11.6 Å². The predicted octanol–water partition coefficient (Wildman–Crippen LogP) is 0.668. The molecule has 1 aliphatic rings. The third-order valence-corrected chi connectivity index (χ3v) is 2.90. The number of nitrogens with zero attached hydrogens (tertiary/aromatic N) is 1. The van der Waals surface area contributed by atoms with E-state index in [9.17, 15) is 9.18 Å². The number of nitrogens with one attached hydrogen (secondary N) is 2. The van der Waals surface area contributed by atoms with Crippen LogP contribution in [0.25, 0.3) is 0 Å². The second-order valence-corrected chi connectivity index (χ2v) is 4.28. The Morgan fingerprint density at radius 3 is 2.65 bits per heavy atom. The van der Waals surface area contributed by atoms with E-state index >= 15 is 0 Å². The maximum absolute atomic E-state index is 12.7. The van der Waals surface area contributed by atoms with Gasteiger partial charge < -0.3 is 10.6 Å². The zero-order valence-electron chi connectivity index (χ0n) is 9.74. The number of likely N-dealkylation sites (N-methyl/N-ethyl adjacent to an activating group) is 1. The highest BCUT2D eigenvalue weighted by Gasteiger charge is 2.22. The van der Waals surface area contributed by atoms with Gasteiger partial charge in [-0.2, -0.15) is 0 Å². The van der Waals surface area contributed by atoms with Crippen LogP contribution in [0.1, 0.15) is 0 Å². The fourth-order valence-corrected chi connectivity index (χ4v) is 1.67. The highest BCUT2D eigenvalue weighted by Crippen LogP contribution is 2.08. The Hall–Kier alpha value is -1.46. The maximum atomic E-state index is 12.7. The fourth-order valence-electron chi connectivity index (χ4n) is 1.67. The molecule has 0 unspecified atom stereocenters. The second kappa shape index (κ2) is 5.25. The Balaban J connectivity index is 1.82. The summed E-state index contributed by atoms with van der Waals surface area (Å²) >= 11 is 0. The largest absolute Gasteiger partial charge is 0.325 e. The third-order valence-electron chi connectivity index (χ3n) is 2.90. The standard InChI is InChI=1S/C12H16FN3O/c1-16(11-6-14-7-11)8-12(17)15-10-4-2-9(13)3-5-10/h2-5,11,14H,6-8H2,1H3,(H,15,17). The minimum Gasteiger partial charge on any atom is -0.325 e. The van der Waals surface area contributed by atoms with E-state index in [1.165, 1.54) is 12.1 Å². The van der Waals surface area contributed by atoms with Crippen LogP contribution in [0.3, 0.4) is 0 Å². The smallest absolute Gasteiger partial charge is 0.238 e. The van der Waals surface area contributed by atoms with Crippen LogP contribution in [-0.4, -0.2) is 43.5 Å². The Kier molecular flexibility index (Phi) is 3.71. The van der Waals surface area contributed by atoms with Gasteiger partial charge in [0.05, 0.1) is 6.54 Å². The number of benzene rings is 1. The molecule has 1 saturated heterocycles. The van der Waals surface area contributed by atoms with Gasteiger partial charge >= 0.3 is 0 Å². The maximum Gasteiger partial charge on any atom is 0.238 e. The monoisotopic (exact) mass is 237 g/mol. The van der Waals surface area contributed by atoms with E-state index < -0.39 is 0 Å². The Bertz CT molecular complexity index is 389. The van der Waals surface area contributed by atoms with Crippen molar-refractivity contribution in [3.63, 3.8) is 0 Å². The molecule has 1 amide bonds. The van der Waals surface area contributed by atoms with Gasteiger partial charge in [0.25, 0.3) is 0 Å². The summed E-state index contributed by atoms with van der Waals surface area (Å²) in [7, 11) is 1.93. The van der Waals surface area contributed by atoms with Crippen molar-refractivity contribution < 1.29 is 9.18 Å². The van der Waals surface area contributed by atoms with Gasteiger partial charge in [0.1, 0.15) is 5.82 Å². The topological polar surface area (TPSA) is 44.4 Å². The second-order valence-electron chi connectivity index (χ2n) is 4.28. The van der Waals surface area contributed by atoms with Gasteiger partial charge in [0.15, 0.2) is 0 Å². The van der Waals surface area contributed by atoms with Crippen molar-refractivity contribution in [2.24, 2.45) is 0 Å². The molecule has 92 valence electrons. The van der Waals surface area contributed by atoms with E-state index in [4.69, 9.17) is 0 Å². The van der Waals surface area contributed by atoms with Gasteiger partial charge in [-0.1, -0.05) is 0 Å². The lowest BCUT2D eigenvalue weighted by Gasteiger charge is -2.35. The first kappa shape index (κ1) is 12.0. The van der Waals surface area contributed by atoms with E-state index in [-0.39, 0.29) is 11.7 Å². The van der Waals surface area contributed by atoms with Crippen molar-refractivity contribution in [2.45, 2.75) is 6.04 Å². The van der Waals surface area contributed by atoms with Gasteiger partial charge in [0, 0.05) is 24.8 Å². The zero-order valence-corrected chi connectivity index (χ0v) is 9.74. The summed E-state index contributed by atoms with van der Waals surface area (Å²) in [6.45, 7) is 2.21. The number of hydrogen-bond acceptors (Lipinski definition) is 3. The van der Waals surface area contributed by atoms with E-state index in [1.807, 2.05) is 11.9 Å². The Labute approximate surface area is 99.8 Å². The molecule has 5 heteroatoms. The summed E-state index contributed by atoms with van der Waals surface area (Å²) in [5.74, 6) is -0.383. The highest BCUT2D eigenvalue weighted by atomic mass is 19.1. The third kappa shape index (κ3) is 3.25. The minimum absolute atomic E-state index is 0.0778. The molecule has 1 aliphatic heterocycles. The summed E-state index contributed by atoms with van der Waals surface area (Å²) in [6.07, 6.45) is 0. The number of amides is 1. The lowest BCUT2D eigenvalue weighted by Crippen LogP contribution is -2.57. The molecule has 1 aromatic carbocycles. The van der Waals surface area contributed by atoms with E-state index in [1.54, 1.807) is 12.1 Å². The molecule has 1 fully saturated rings. The van der Waals surface area contributed by atoms with Crippen LogP contribution in [0.5, 0.6) is 0 Å². The van der Waals surface area contributed by atoms with Crippen LogP contribution in [0.15, 0.2) is 24.3 Å². The lowest BCUT2D eigenvalue weighted by molar-refractivity contribution is -0.117. The summed E-state index contributed by atoms with van der Waals surface area (Å²) in [5.41, 5.74) is 0.622. The number of hydrogen-bond donors (Lipinski definition) is 2. The first-order valence-corrected chi connectivity index (χ1v) is 5.61. The number of halogens is 1. The molecule has 1 aromatic rings. The lowest BCUT2D eigenvalue weighted by atomic mass is 10.1. The minimum atomic E-state index is -0.305. The number of rotatable bonds is 4. The van der Waals surface area contributed by atoms with Gasteiger partial charge in [-0.3, -0.25) is 9.69 Å². The Morgan fingerprint density at radius 1 is 1.47 bits per heavy atom. The molecule has 0 saturated carbocycles. The first-order valence-electron chi connectivity index (χ1n) is 5.61. The number of anilines is 1. The molecule has 0 aromatic heterocycles. The van der Waals surface area contributed by atoms with Gasteiger partial charge in [-0.05, 0) is 31.3 Å². The average Bonchev–Trinajstić information content (AvgIpc) is 2.18. The first-order chi connectivity index (χ1) is 8.15. The van der Waals surface area contributed by atoms with Gasteiger partial charge in [-0.25, -0.2) is 4.39 Å². The van der Waals surface area contributed by atoms with E-state index in [2.05, 4.69) is 10.6 Å². The molecule has 0 bridgehead atoms. The van der Waals surface area contributed by atoms with Crippen LogP contribution < -0.4 is 10.6 Å². The molecule has 1 heterocycles. The summed E-state index contributed by atoms with van der Waals surface area (Å²) in [6, 6.07) is 6.20. The van der Waals surface area contributed by atoms with E-state index in [0.29, 0.717) is 18.3 Å². The van der Waals surface area contributed by atoms with Crippen molar-refractivity contribution in [3.8, 4) is 0 Å². The Morgan fingerprint density at radius 2 is 2.12 bits per heavy atom. The quantitative estimate of drug-likeness (QED) is 0.809. The summed E-state index contributed by atoms with van der Waals surface area (Å²) in [4.78, 5) is 13.7. The summed E-state index contributed by atoms with van der Waals surface area (Å²) in [5, 5.41) is 5.89. The van der Waals surface area contributed by atoms with Crippen LogP contribution >= 0.6 is 0 Å². The summed E-state index contributed by atoms with van der Waals surface area (Å²) < 4.78 is 12.7. The van der Waals surface area contributed by atoms with Crippen molar-refractivity contribution in [1.82, 2.24) is 10.2 Å². The van der Waals surface area contributed by atoms with Crippen molar-refractivity contribution in [1.29, 1.82) is 0 Å². The van der Waals surface area contributed by atoms with Crippen LogP contribution in [0.4, 0.5) is 10.1 Å². The molecule has 0 atom stereocenters. The average molecular weight is 237 g/mol. The van der Waals surface area contributed by atoms with Crippen LogP contribution in [-0.2, 0) is 4.79 Å². The SMILES string of the molecule is CN(CC(=O)Nc1ccc(F)cc1)C1CNC1. The molecular weight excluding hydrogens is 221 g/mol. The van der Waals surface area contributed by atoms with Crippen LogP contribution in [0.2, 0.25) is 0 Å². The molecule has 2 rings (SSSR count). The molecular formula is C12H16FN3O. The highest BCUT2D eigenvalue weighted by molar-refractivity contribution is 5.92.